The zero-order chi connectivity index (χ0) is 11.0. The maximum Gasteiger partial charge on any atom is 0.122 e. The Kier molecular flexibility index (Phi) is 2.70. The molecule has 2 heteroatoms. The summed E-state index contributed by atoms with van der Waals surface area (Å²) in [6.45, 7) is 6.98. The topological polar surface area (TPSA) is 35.2 Å². The lowest BCUT2D eigenvalue weighted by molar-refractivity contribution is 0.337. The second-order valence-electron chi connectivity index (χ2n) is 4.41. The van der Waals surface area contributed by atoms with E-state index in [2.05, 4.69) is 26.0 Å². The third-order valence-electron chi connectivity index (χ3n) is 3.10. The van der Waals surface area contributed by atoms with Crippen LogP contribution in [0.2, 0.25) is 0 Å². The van der Waals surface area contributed by atoms with E-state index in [1.165, 1.54) is 16.7 Å². The Morgan fingerprint density at radius 2 is 2.00 bits per heavy atom. The fraction of sp³-hybridized carbons (Fsp3) is 0.538. The number of hydrogen-bond acceptors (Lipinski definition) is 2. The number of benzene rings is 1. The van der Waals surface area contributed by atoms with Crippen LogP contribution in [0, 0.1) is 13.8 Å². The van der Waals surface area contributed by atoms with E-state index in [0.29, 0.717) is 12.0 Å². The molecule has 0 spiro atoms. The normalized spacial score (nSPS) is 24.0. The van der Waals surface area contributed by atoms with Crippen LogP contribution in [0.15, 0.2) is 12.1 Å². The molecular weight excluding hydrogens is 186 g/mol. The van der Waals surface area contributed by atoms with Gasteiger partial charge in [-0.1, -0.05) is 6.07 Å². The summed E-state index contributed by atoms with van der Waals surface area (Å²) < 4.78 is 5.57. The van der Waals surface area contributed by atoms with Crippen LogP contribution in [0.25, 0.3) is 0 Å². The lowest BCUT2D eigenvalue weighted by Gasteiger charge is -2.12. The highest BCUT2D eigenvalue weighted by atomic mass is 16.5. The number of ether oxygens (including phenoxy) is 1. The Bertz CT molecular complexity index is 373. The van der Waals surface area contributed by atoms with Crippen LogP contribution in [-0.4, -0.2) is 12.6 Å². The van der Waals surface area contributed by atoms with Gasteiger partial charge in [0.05, 0.1) is 6.61 Å². The van der Waals surface area contributed by atoms with Gasteiger partial charge in [0, 0.05) is 12.0 Å². The van der Waals surface area contributed by atoms with E-state index in [4.69, 9.17) is 10.5 Å². The highest BCUT2D eigenvalue weighted by Gasteiger charge is 2.36. The van der Waals surface area contributed by atoms with Crippen LogP contribution in [0.4, 0.5) is 0 Å². The van der Waals surface area contributed by atoms with Gasteiger partial charge in [0.1, 0.15) is 5.75 Å². The Balaban J connectivity index is 2.30. The van der Waals surface area contributed by atoms with Gasteiger partial charge in [-0.3, -0.25) is 0 Å². The molecular formula is C13H19NO. The van der Waals surface area contributed by atoms with E-state index in [-0.39, 0.29) is 0 Å². The van der Waals surface area contributed by atoms with E-state index < -0.39 is 0 Å². The van der Waals surface area contributed by atoms with Crippen LogP contribution in [-0.2, 0) is 0 Å². The van der Waals surface area contributed by atoms with Gasteiger partial charge < -0.3 is 10.5 Å². The van der Waals surface area contributed by atoms with Crippen molar-refractivity contribution in [2.45, 2.75) is 39.2 Å². The molecule has 0 bridgehead atoms. The monoisotopic (exact) mass is 205 g/mol. The van der Waals surface area contributed by atoms with Crippen LogP contribution >= 0.6 is 0 Å². The van der Waals surface area contributed by atoms with Crippen molar-refractivity contribution < 1.29 is 4.74 Å². The molecule has 0 amide bonds. The maximum atomic E-state index is 5.88. The lowest BCUT2D eigenvalue weighted by atomic mass is 10.0. The molecule has 1 saturated carbocycles. The summed E-state index contributed by atoms with van der Waals surface area (Å²) in [7, 11) is 0. The van der Waals surface area contributed by atoms with Crippen LogP contribution in [0.5, 0.6) is 5.75 Å². The Labute approximate surface area is 91.4 Å². The zero-order valence-electron chi connectivity index (χ0n) is 9.71. The van der Waals surface area contributed by atoms with Gasteiger partial charge in [-0.15, -0.1) is 0 Å². The molecule has 1 aromatic rings. The van der Waals surface area contributed by atoms with E-state index in [0.717, 1.165) is 18.8 Å². The predicted molar refractivity (Wildman–Crippen MR) is 62.4 cm³/mol. The summed E-state index contributed by atoms with van der Waals surface area (Å²) in [4.78, 5) is 0. The van der Waals surface area contributed by atoms with Gasteiger partial charge in [-0.2, -0.15) is 0 Å². The van der Waals surface area contributed by atoms with Gasteiger partial charge in [-0.25, -0.2) is 0 Å². The van der Waals surface area contributed by atoms with E-state index >= 15 is 0 Å². The molecule has 0 heterocycles. The van der Waals surface area contributed by atoms with E-state index in [1.54, 1.807) is 0 Å². The molecule has 82 valence electrons. The van der Waals surface area contributed by atoms with Crippen molar-refractivity contribution in [3.05, 3.63) is 28.8 Å². The first-order valence-corrected chi connectivity index (χ1v) is 5.63. The third-order valence-corrected chi connectivity index (χ3v) is 3.10. The number of rotatable bonds is 3. The van der Waals surface area contributed by atoms with E-state index in [1.807, 2.05) is 6.92 Å². The van der Waals surface area contributed by atoms with Gasteiger partial charge in [-0.05, 0) is 49.9 Å². The van der Waals surface area contributed by atoms with Gasteiger partial charge in [0.15, 0.2) is 0 Å². The van der Waals surface area contributed by atoms with Crippen molar-refractivity contribution in [2.24, 2.45) is 5.73 Å². The summed E-state index contributed by atoms with van der Waals surface area (Å²) in [6.07, 6.45) is 1.13. The van der Waals surface area contributed by atoms with Crippen molar-refractivity contribution in [1.29, 1.82) is 0 Å². The highest BCUT2D eigenvalue weighted by molar-refractivity contribution is 5.45. The minimum atomic E-state index is 0.376. The van der Waals surface area contributed by atoms with Crippen molar-refractivity contribution in [1.82, 2.24) is 0 Å². The Morgan fingerprint density at radius 1 is 1.33 bits per heavy atom. The van der Waals surface area contributed by atoms with Gasteiger partial charge >= 0.3 is 0 Å². The van der Waals surface area contributed by atoms with Crippen LogP contribution in [0.1, 0.15) is 36.0 Å². The second kappa shape index (κ2) is 3.86. The summed E-state index contributed by atoms with van der Waals surface area (Å²) in [5.41, 5.74) is 9.82. The molecule has 0 saturated heterocycles. The summed E-state index contributed by atoms with van der Waals surface area (Å²) in [5, 5.41) is 0. The molecule has 1 aliphatic carbocycles. The Hall–Kier alpha value is -1.02. The lowest BCUT2D eigenvalue weighted by Crippen LogP contribution is -2.03. The van der Waals surface area contributed by atoms with Crippen LogP contribution in [0.3, 0.4) is 0 Å². The molecule has 2 nitrogen and oxygen atoms in total. The molecule has 1 aromatic carbocycles. The highest BCUT2D eigenvalue weighted by Crippen LogP contribution is 2.42. The number of hydrogen-bond donors (Lipinski definition) is 1. The molecule has 15 heavy (non-hydrogen) atoms. The molecule has 0 radical (unpaired) electrons. The van der Waals surface area contributed by atoms with Gasteiger partial charge in [0.2, 0.25) is 0 Å². The predicted octanol–water partition coefficient (Wildman–Crippen LogP) is 2.52. The molecule has 1 aliphatic rings. The minimum absolute atomic E-state index is 0.376. The average Bonchev–Trinajstić information content (AvgIpc) is 2.89. The largest absolute Gasteiger partial charge is 0.494 e. The van der Waals surface area contributed by atoms with Crippen molar-refractivity contribution in [3.63, 3.8) is 0 Å². The second-order valence-corrected chi connectivity index (χ2v) is 4.41. The average molecular weight is 205 g/mol. The van der Waals surface area contributed by atoms with E-state index in [9.17, 15) is 0 Å². The molecule has 0 aromatic heterocycles. The smallest absolute Gasteiger partial charge is 0.122 e. The summed E-state index contributed by atoms with van der Waals surface area (Å²) in [6, 6.07) is 4.75. The summed E-state index contributed by atoms with van der Waals surface area (Å²) >= 11 is 0. The standard InChI is InChI=1S/C13H19NO/c1-4-15-13-6-8(2)10(5-9(13)3)11-7-12(11)14/h5-6,11-12H,4,7,14H2,1-3H3. The van der Waals surface area contributed by atoms with Crippen molar-refractivity contribution >= 4 is 0 Å². The van der Waals surface area contributed by atoms with Crippen molar-refractivity contribution in [3.8, 4) is 5.75 Å². The van der Waals surface area contributed by atoms with Crippen molar-refractivity contribution in [2.75, 3.05) is 6.61 Å². The first kappa shape index (κ1) is 10.5. The first-order chi connectivity index (χ1) is 7.13. The zero-order valence-corrected chi connectivity index (χ0v) is 9.71. The summed E-state index contributed by atoms with van der Waals surface area (Å²) in [5.74, 6) is 1.59. The molecule has 1 fully saturated rings. The SMILES string of the molecule is CCOc1cc(C)c(C2CC2N)cc1C. The van der Waals surface area contributed by atoms with Gasteiger partial charge in [0.25, 0.3) is 0 Å². The molecule has 2 atom stereocenters. The fourth-order valence-corrected chi connectivity index (χ4v) is 2.09. The third kappa shape index (κ3) is 2.00. The number of aryl methyl sites for hydroxylation is 2. The quantitative estimate of drug-likeness (QED) is 0.823. The van der Waals surface area contributed by atoms with Crippen LogP contribution < -0.4 is 10.5 Å². The maximum absolute atomic E-state index is 5.88. The minimum Gasteiger partial charge on any atom is -0.494 e. The first-order valence-electron chi connectivity index (χ1n) is 5.63. The fourth-order valence-electron chi connectivity index (χ4n) is 2.09. The Morgan fingerprint density at radius 3 is 2.53 bits per heavy atom. The molecule has 2 unspecified atom stereocenters. The number of nitrogens with two attached hydrogens (primary N) is 1. The molecule has 2 N–H and O–H groups in total. The molecule has 2 rings (SSSR count). The molecule has 0 aliphatic heterocycles.